The van der Waals surface area contributed by atoms with Crippen molar-refractivity contribution in [3.05, 3.63) is 0 Å². The Morgan fingerprint density at radius 2 is 1.46 bits per heavy atom. The molecule has 0 aliphatic rings. The van der Waals surface area contributed by atoms with Crippen LogP contribution in [0, 0.1) is 0 Å². The van der Waals surface area contributed by atoms with Crippen LogP contribution in [0.1, 0.15) is 39.5 Å². The Kier molecular flexibility index (Phi) is 10.3. The summed E-state index contributed by atoms with van der Waals surface area (Å²) in [4.78, 5) is 0. The van der Waals surface area contributed by atoms with Gasteiger partial charge in [-0.3, -0.25) is 0 Å². The van der Waals surface area contributed by atoms with Crippen LogP contribution >= 0.6 is 0 Å². The molecule has 2 N–H and O–H groups in total. The van der Waals surface area contributed by atoms with E-state index >= 15 is 0 Å². The van der Waals surface area contributed by atoms with Crippen molar-refractivity contribution in [2.24, 2.45) is 0 Å². The number of hydrogen-bond acceptors (Lipinski definition) is 2. The summed E-state index contributed by atoms with van der Waals surface area (Å²) < 4.78 is 0. The van der Waals surface area contributed by atoms with Gasteiger partial charge in [-0.2, -0.15) is 0 Å². The third-order valence-corrected chi connectivity index (χ3v) is 2.45. The normalized spacial score (nSPS) is 11.1. The Morgan fingerprint density at radius 3 is 1.77 bits per heavy atom. The molecule has 3 heteroatoms. The topological polar surface area (TPSA) is 24.1 Å². The third-order valence-electron chi connectivity index (χ3n) is 2.05. The van der Waals surface area contributed by atoms with Crippen molar-refractivity contribution in [1.82, 2.24) is 10.6 Å². The second-order valence-electron chi connectivity index (χ2n) is 3.37. The predicted molar refractivity (Wildman–Crippen MR) is 60.2 cm³/mol. The quantitative estimate of drug-likeness (QED) is 0.335. The minimum absolute atomic E-state index is 0.440. The molecule has 0 heterocycles. The zero-order valence-electron chi connectivity index (χ0n) is 9.03. The summed E-state index contributed by atoms with van der Waals surface area (Å²) in [7, 11) is 3.54. The number of unbranched alkanes of at least 4 members (excludes halogenated alkanes) is 2. The van der Waals surface area contributed by atoms with Crippen molar-refractivity contribution in [1.29, 1.82) is 0 Å². The van der Waals surface area contributed by atoms with Gasteiger partial charge in [-0.1, -0.05) is 26.7 Å². The van der Waals surface area contributed by atoms with Crippen molar-refractivity contribution in [3.63, 3.8) is 0 Å². The monoisotopic (exact) mass is 199 g/mol. The molecule has 0 aromatic rings. The van der Waals surface area contributed by atoms with Crippen molar-refractivity contribution >= 4 is 10.2 Å². The molecule has 0 saturated heterocycles. The molecule has 0 fully saturated rings. The molecule has 0 amide bonds. The molecule has 0 aliphatic carbocycles. The first kappa shape index (κ1) is 13.1. The van der Waals surface area contributed by atoms with E-state index in [0.717, 1.165) is 19.1 Å². The van der Waals surface area contributed by atoms with Gasteiger partial charge in [0.05, 0.1) is 6.17 Å². The molecule has 0 unspecified atom stereocenters. The van der Waals surface area contributed by atoms with Gasteiger partial charge in [-0.25, -0.2) is 0 Å². The Labute approximate surface area is 86.3 Å². The zero-order chi connectivity index (χ0) is 9.94. The fourth-order valence-electron chi connectivity index (χ4n) is 1.12. The number of rotatable bonds is 9. The molecular formula is C10H23N2Si. The Bertz CT molecular complexity index is 88.9. The second kappa shape index (κ2) is 10.2. The Morgan fingerprint density at radius 1 is 1.00 bits per heavy atom. The maximum absolute atomic E-state index is 3.54. The molecule has 0 saturated carbocycles. The van der Waals surface area contributed by atoms with E-state index in [2.05, 4.69) is 34.7 Å². The lowest BCUT2D eigenvalue weighted by atomic mass is 10.3. The average Bonchev–Trinajstić information content (AvgIpc) is 2.16. The maximum Gasteiger partial charge on any atom is 0.0540 e. The highest BCUT2D eigenvalue weighted by atomic mass is 28.1. The minimum atomic E-state index is 0.440. The summed E-state index contributed by atoms with van der Waals surface area (Å²) >= 11 is 0. The first-order valence-electron chi connectivity index (χ1n) is 5.46. The van der Waals surface area contributed by atoms with Gasteiger partial charge in [-0.15, -0.1) is 0 Å². The SMILES string of the molecule is CCCCNC(C[Si])NCCCC. The van der Waals surface area contributed by atoms with E-state index < -0.39 is 0 Å². The van der Waals surface area contributed by atoms with Gasteiger partial charge in [0.15, 0.2) is 0 Å². The average molecular weight is 199 g/mol. The van der Waals surface area contributed by atoms with Gasteiger partial charge in [-0.05, 0) is 32.0 Å². The van der Waals surface area contributed by atoms with Crippen LogP contribution in [0.5, 0.6) is 0 Å². The smallest absolute Gasteiger partial charge is 0.0540 e. The van der Waals surface area contributed by atoms with E-state index in [1.165, 1.54) is 25.7 Å². The van der Waals surface area contributed by atoms with Crippen LogP contribution in [0.3, 0.4) is 0 Å². The summed E-state index contributed by atoms with van der Waals surface area (Å²) in [5, 5.41) is 6.94. The van der Waals surface area contributed by atoms with Gasteiger partial charge >= 0.3 is 0 Å². The molecule has 0 aromatic heterocycles. The van der Waals surface area contributed by atoms with E-state index in [1.807, 2.05) is 0 Å². The van der Waals surface area contributed by atoms with E-state index in [9.17, 15) is 0 Å². The minimum Gasteiger partial charge on any atom is -0.302 e. The summed E-state index contributed by atoms with van der Waals surface area (Å²) in [5.41, 5.74) is 0. The number of hydrogen-bond donors (Lipinski definition) is 2. The lowest BCUT2D eigenvalue weighted by Gasteiger charge is -2.18. The highest BCUT2D eigenvalue weighted by molar-refractivity contribution is 6.08. The predicted octanol–water partition coefficient (Wildman–Crippen LogP) is 1.68. The van der Waals surface area contributed by atoms with E-state index in [4.69, 9.17) is 0 Å². The fourth-order valence-corrected chi connectivity index (χ4v) is 1.41. The van der Waals surface area contributed by atoms with E-state index in [0.29, 0.717) is 6.17 Å². The highest BCUT2D eigenvalue weighted by Gasteiger charge is 2.01. The summed E-state index contributed by atoms with van der Waals surface area (Å²) in [6.07, 6.45) is 5.48. The van der Waals surface area contributed by atoms with E-state index in [1.54, 1.807) is 0 Å². The first-order chi connectivity index (χ1) is 6.35. The molecule has 13 heavy (non-hydrogen) atoms. The zero-order valence-corrected chi connectivity index (χ0v) is 10.0. The molecular weight excluding hydrogens is 176 g/mol. The van der Waals surface area contributed by atoms with Crippen LogP contribution in [0.2, 0.25) is 6.04 Å². The van der Waals surface area contributed by atoms with Gasteiger partial charge in [0.1, 0.15) is 0 Å². The Balaban J connectivity index is 3.28. The largest absolute Gasteiger partial charge is 0.302 e. The number of nitrogens with one attached hydrogen (secondary N) is 2. The third kappa shape index (κ3) is 8.47. The van der Waals surface area contributed by atoms with E-state index in [-0.39, 0.29) is 0 Å². The van der Waals surface area contributed by atoms with Crippen LogP contribution in [0.15, 0.2) is 0 Å². The van der Waals surface area contributed by atoms with Crippen molar-refractivity contribution in [2.75, 3.05) is 13.1 Å². The van der Waals surface area contributed by atoms with Gasteiger partial charge in [0, 0.05) is 10.2 Å². The lowest BCUT2D eigenvalue weighted by molar-refractivity contribution is 0.444. The molecule has 0 atom stereocenters. The van der Waals surface area contributed by atoms with Crippen LogP contribution in [-0.2, 0) is 0 Å². The van der Waals surface area contributed by atoms with Crippen molar-refractivity contribution in [3.8, 4) is 0 Å². The van der Waals surface area contributed by atoms with Crippen LogP contribution in [-0.4, -0.2) is 29.5 Å². The van der Waals surface area contributed by atoms with Crippen LogP contribution in [0.25, 0.3) is 0 Å². The molecule has 0 aromatic carbocycles. The Hall–Kier alpha value is 0.137. The van der Waals surface area contributed by atoms with Crippen LogP contribution < -0.4 is 10.6 Å². The van der Waals surface area contributed by atoms with Crippen molar-refractivity contribution < 1.29 is 0 Å². The molecule has 2 nitrogen and oxygen atoms in total. The molecule has 0 aliphatic heterocycles. The van der Waals surface area contributed by atoms with Crippen molar-refractivity contribution in [2.45, 2.75) is 51.7 Å². The summed E-state index contributed by atoms with van der Waals surface area (Å²) in [5.74, 6) is 0. The first-order valence-corrected chi connectivity index (χ1v) is 6.17. The van der Waals surface area contributed by atoms with Crippen LogP contribution in [0.4, 0.5) is 0 Å². The molecule has 0 rings (SSSR count). The molecule has 0 spiro atoms. The van der Waals surface area contributed by atoms with Gasteiger partial charge in [0.2, 0.25) is 0 Å². The molecule has 3 radical (unpaired) electrons. The molecule has 77 valence electrons. The van der Waals surface area contributed by atoms with Gasteiger partial charge < -0.3 is 10.6 Å². The summed E-state index contributed by atoms with van der Waals surface area (Å²) in [6, 6.07) is 0.980. The van der Waals surface area contributed by atoms with Gasteiger partial charge in [0.25, 0.3) is 0 Å². The fraction of sp³-hybridized carbons (Fsp3) is 1.00. The molecule has 0 bridgehead atoms. The standard InChI is InChI=1S/C10H23N2Si/c1-3-5-7-11-10(9-13)12-8-6-4-2/h10-12H,3-9H2,1-2H3. The highest BCUT2D eigenvalue weighted by Crippen LogP contribution is 1.90. The lowest BCUT2D eigenvalue weighted by Crippen LogP contribution is -2.42. The maximum atomic E-state index is 3.54. The summed E-state index contributed by atoms with van der Waals surface area (Å²) in [6.45, 7) is 6.67. The second-order valence-corrected chi connectivity index (χ2v) is 3.78.